The first-order valence-corrected chi connectivity index (χ1v) is 8.39. The molecule has 100 valence electrons. The number of carboxylic acids is 1. The first kappa shape index (κ1) is 13.9. The van der Waals surface area contributed by atoms with Gasteiger partial charge in [-0.15, -0.1) is 11.3 Å². The fourth-order valence-corrected chi connectivity index (χ4v) is 4.19. The standard InChI is InChI=1S/C13H19NO2S2/c1-17-11-5-3-2-4-10(11)14-8-9-6-7-12(18-9)13(15)16/h6-7,10-11,14H,2-5,8H2,1H3,(H,15,16). The van der Waals surface area contributed by atoms with E-state index in [2.05, 4.69) is 11.6 Å². The summed E-state index contributed by atoms with van der Waals surface area (Å²) in [6, 6.07) is 4.18. The molecule has 0 saturated heterocycles. The van der Waals surface area contributed by atoms with Gasteiger partial charge in [-0.3, -0.25) is 0 Å². The van der Waals surface area contributed by atoms with Crippen molar-refractivity contribution in [2.75, 3.05) is 6.26 Å². The Hall–Kier alpha value is -0.520. The van der Waals surface area contributed by atoms with E-state index in [0.717, 1.165) is 11.4 Å². The van der Waals surface area contributed by atoms with E-state index in [1.54, 1.807) is 6.07 Å². The van der Waals surface area contributed by atoms with Crippen molar-refractivity contribution in [1.82, 2.24) is 5.32 Å². The van der Waals surface area contributed by atoms with E-state index in [1.165, 1.54) is 37.0 Å². The van der Waals surface area contributed by atoms with Crippen LogP contribution in [0.1, 0.15) is 40.2 Å². The summed E-state index contributed by atoms with van der Waals surface area (Å²) in [5, 5.41) is 13.2. The Labute approximate surface area is 116 Å². The molecule has 2 atom stereocenters. The van der Waals surface area contributed by atoms with Crippen molar-refractivity contribution in [3.8, 4) is 0 Å². The minimum atomic E-state index is -0.828. The molecule has 2 unspecified atom stereocenters. The molecule has 0 bridgehead atoms. The van der Waals surface area contributed by atoms with E-state index >= 15 is 0 Å². The molecule has 0 aliphatic heterocycles. The summed E-state index contributed by atoms with van der Waals surface area (Å²) in [7, 11) is 0. The summed E-state index contributed by atoms with van der Waals surface area (Å²) in [6.07, 6.45) is 7.36. The number of carboxylic acid groups (broad SMARTS) is 1. The third kappa shape index (κ3) is 3.49. The first-order valence-electron chi connectivity index (χ1n) is 6.29. The third-order valence-electron chi connectivity index (χ3n) is 3.42. The van der Waals surface area contributed by atoms with Gasteiger partial charge in [-0.25, -0.2) is 4.79 Å². The average Bonchev–Trinajstić information content (AvgIpc) is 2.85. The molecule has 1 aromatic heterocycles. The van der Waals surface area contributed by atoms with E-state index in [-0.39, 0.29) is 0 Å². The number of carbonyl (C=O) groups is 1. The molecule has 0 aromatic carbocycles. The SMILES string of the molecule is CSC1CCCCC1NCc1ccc(C(=O)O)s1. The molecule has 5 heteroatoms. The highest BCUT2D eigenvalue weighted by Crippen LogP contribution is 2.27. The topological polar surface area (TPSA) is 49.3 Å². The van der Waals surface area contributed by atoms with Crippen LogP contribution in [-0.2, 0) is 6.54 Å². The van der Waals surface area contributed by atoms with Crippen LogP contribution in [0.4, 0.5) is 0 Å². The van der Waals surface area contributed by atoms with Crippen molar-refractivity contribution in [3.63, 3.8) is 0 Å². The van der Waals surface area contributed by atoms with Gasteiger partial charge in [-0.1, -0.05) is 12.8 Å². The zero-order valence-electron chi connectivity index (χ0n) is 10.5. The Kier molecular flexibility index (Phi) is 5.09. The van der Waals surface area contributed by atoms with Crippen molar-refractivity contribution in [3.05, 3.63) is 21.9 Å². The number of thioether (sulfide) groups is 1. The van der Waals surface area contributed by atoms with E-state index < -0.39 is 5.97 Å². The number of nitrogens with one attached hydrogen (secondary N) is 1. The summed E-state index contributed by atoms with van der Waals surface area (Å²) < 4.78 is 0. The third-order valence-corrected chi connectivity index (χ3v) is 5.66. The zero-order valence-corrected chi connectivity index (χ0v) is 12.1. The Balaban J connectivity index is 1.87. The van der Waals surface area contributed by atoms with E-state index in [4.69, 9.17) is 5.11 Å². The molecule has 1 fully saturated rings. The lowest BCUT2D eigenvalue weighted by Crippen LogP contribution is -2.39. The maximum atomic E-state index is 10.8. The van der Waals surface area contributed by atoms with Crippen LogP contribution in [0.5, 0.6) is 0 Å². The Morgan fingerprint density at radius 3 is 2.94 bits per heavy atom. The van der Waals surface area contributed by atoms with Gasteiger partial charge in [-0.05, 0) is 31.2 Å². The summed E-state index contributed by atoms with van der Waals surface area (Å²) in [4.78, 5) is 12.3. The Bertz CT molecular complexity index is 405. The molecule has 0 radical (unpaired) electrons. The largest absolute Gasteiger partial charge is 0.477 e. The second-order valence-electron chi connectivity index (χ2n) is 4.62. The van der Waals surface area contributed by atoms with Crippen molar-refractivity contribution in [2.45, 2.75) is 43.5 Å². The second kappa shape index (κ2) is 6.59. The molecule has 1 saturated carbocycles. The quantitative estimate of drug-likeness (QED) is 0.872. The van der Waals surface area contributed by atoms with E-state index in [0.29, 0.717) is 16.2 Å². The lowest BCUT2D eigenvalue weighted by atomic mass is 9.95. The van der Waals surface area contributed by atoms with Crippen molar-refractivity contribution < 1.29 is 9.90 Å². The van der Waals surface area contributed by atoms with Crippen LogP contribution in [0.2, 0.25) is 0 Å². The van der Waals surface area contributed by atoms with Crippen LogP contribution in [0.15, 0.2) is 12.1 Å². The van der Waals surface area contributed by atoms with Gasteiger partial charge in [0, 0.05) is 22.7 Å². The van der Waals surface area contributed by atoms with Crippen LogP contribution in [-0.4, -0.2) is 28.6 Å². The van der Waals surface area contributed by atoms with Crippen LogP contribution in [0.3, 0.4) is 0 Å². The number of aromatic carboxylic acids is 1. The van der Waals surface area contributed by atoms with Crippen molar-refractivity contribution in [1.29, 1.82) is 0 Å². The van der Waals surface area contributed by atoms with E-state index in [9.17, 15) is 4.79 Å². The normalized spacial score (nSPS) is 24.1. The molecular weight excluding hydrogens is 266 g/mol. The smallest absolute Gasteiger partial charge is 0.345 e. The molecule has 1 heterocycles. The predicted octanol–water partition coefficient (Wildman–Crippen LogP) is 3.21. The maximum Gasteiger partial charge on any atom is 0.345 e. The molecule has 2 N–H and O–H groups in total. The second-order valence-corrected chi connectivity index (χ2v) is 6.86. The average molecular weight is 285 g/mol. The number of hydrogen-bond acceptors (Lipinski definition) is 4. The van der Waals surface area contributed by atoms with Crippen LogP contribution in [0, 0.1) is 0 Å². The van der Waals surface area contributed by atoms with Gasteiger partial charge in [0.05, 0.1) is 0 Å². The van der Waals surface area contributed by atoms with Gasteiger partial charge in [0.15, 0.2) is 0 Å². The van der Waals surface area contributed by atoms with Crippen molar-refractivity contribution in [2.24, 2.45) is 0 Å². The number of hydrogen-bond donors (Lipinski definition) is 2. The first-order chi connectivity index (χ1) is 8.70. The van der Waals surface area contributed by atoms with Crippen LogP contribution < -0.4 is 5.32 Å². The lowest BCUT2D eigenvalue weighted by molar-refractivity contribution is 0.0702. The van der Waals surface area contributed by atoms with Gasteiger partial charge in [0.2, 0.25) is 0 Å². The van der Waals surface area contributed by atoms with Crippen molar-refractivity contribution >= 4 is 29.1 Å². The molecule has 1 aliphatic rings. The molecular formula is C13H19NO2S2. The molecule has 3 nitrogen and oxygen atoms in total. The van der Waals surface area contributed by atoms with Gasteiger partial charge in [0.1, 0.15) is 4.88 Å². The maximum absolute atomic E-state index is 10.8. The minimum absolute atomic E-state index is 0.428. The van der Waals surface area contributed by atoms with Gasteiger partial charge >= 0.3 is 5.97 Å². The Morgan fingerprint density at radius 1 is 1.50 bits per heavy atom. The fourth-order valence-electron chi connectivity index (χ4n) is 2.43. The summed E-state index contributed by atoms with van der Waals surface area (Å²) in [6.45, 7) is 0.791. The predicted molar refractivity (Wildman–Crippen MR) is 77.7 cm³/mol. The number of thiophene rings is 1. The molecule has 0 spiro atoms. The van der Waals surface area contributed by atoms with E-state index in [1.807, 2.05) is 17.8 Å². The molecule has 1 aromatic rings. The zero-order chi connectivity index (χ0) is 13.0. The summed E-state index contributed by atoms with van der Waals surface area (Å²) >= 11 is 3.32. The highest BCUT2D eigenvalue weighted by atomic mass is 32.2. The summed E-state index contributed by atoms with van der Waals surface area (Å²) in [5.41, 5.74) is 0. The molecule has 18 heavy (non-hydrogen) atoms. The van der Waals surface area contributed by atoms with Gasteiger partial charge in [-0.2, -0.15) is 11.8 Å². The monoisotopic (exact) mass is 285 g/mol. The van der Waals surface area contributed by atoms with Gasteiger partial charge in [0.25, 0.3) is 0 Å². The Morgan fingerprint density at radius 2 is 2.28 bits per heavy atom. The number of rotatable bonds is 5. The van der Waals surface area contributed by atoms with Crippen LogP contribution >= 0.6 is 23.1 Å². The van der Waals surface area contributed by atoms with Gasteiger partial charge < -0.3 is 10.4 Å². The highest BCUT2D eigenvalue weighted by Gasteiger charge is 2.23. The highest BCUT2D eigenvalue weighted by molar-refractivity contribution is 7.99. The molecule has 2 rings (SSSR count). The fraction of sp³-hybridized carbons (Fsp3) is 0.615. The van der Waals surface area contributed by atoms with Crippen LogP contribution in [0.25, 0.3) is 0 Å². The minimum Gasteiger partial charge on any atom is -0.477 e. The molecule has 0 amide bonds. The summed E-state index contributed by atoms with van der Waals surface area (Å²) in [5.74, 6) is -0.828. The molecule has 1 aliphatic carbocycles. The lowest BCUT2D eigenvalue weighted by Gasteiger charge is -2.31.